The molecule has 1 unspecified atom stereocenters. The lowest BCUT2D eigenvalue weighted by Gasteiger charge is -2.29. The fraction of sp³-hybridized carbons (Fsp3) is 0.200. The second kappa shape index (κ2) is 7.15. The molecule has 1 aromatic heterocycles. The van der Waals surface area contributed by atoms with E-state index in [1.54, 1.807) is 11.8 Å². The molecule has 0 bridgehead atoms. The van der Waals surface area contributed by atoms with Crippen LogP contribution in [0.2, 0.25) is 0 Å². The number of aromatic nitrogens is 1. The van der Waals surface area contributed by atoms with Crippen molar-refractivity contribution in [3.63, 3.8) is 0 Å². The van der Waals surface area contributed by atoms with Crippen LogP contribution in [0.15, 0.2) is 70.6 Å². The van der Waals surface area contributed by atoms with Crippen LogP contribution in [0.5, 0.6) is 5.75 Å². The molecule has 2 aromatic carbocycles. The number of aromatic amines is 1. The van der Waals surface area contributed by atoms with Crippen LogP contribution >= 0.6 is 11.8 Å². The Morgan fingerprint density at radius 2 is 1.80 bits per heavy atom. The van der Waals surface area contributed by atoms with Crippen molar-refractivity contribution in [1.29, 1.82) is 0 Å². The molecule has 5 N–H and O–H groups in total. The van der Waals surface area contributed by atoms with E-state index in [-0.39, 0.29) is 0 Å². The van der Waals surface area contributed by atoms with Crippen molar-refractivity contribution < 1.29 is 4.74 Å². The van der Waals surface area contributed by atoms with Crippen molar-refractivity contribution in [2.24, 2.45) is 0 Å². The van der Waals surface area contributed by atoms with Crippen LogP contribution < -0.4 is 16.2 Å². The Morgan fingerprint density at radius 1 is 1.00 bits per heavy atom. The van der Waals surface area contributed by atoms with Gasteiger partial charge in [0.1, 0.15) is 11.4 Å². The van der Waals surface area contributed by atoms with E-state index in [0.717, 1.165) is 27.7 Å². The van der Waals surface area contributed by atoms with E-state index >= 15 is 0 Å². The van der Waals surface area contributed by atoms with Crippen LogP contribution in [0.25, 0.3) is 0 Å². The van der Waals surface area contributed by atoms with E-state index in [2.05, 4.69) is 31.0 Å². The quantitative estimate of drug-likeness (QED) is 0.543. The van der Waals surface area contributed by atoms with Gasteiger partial charge in [-0.3, -0.25) is 0 Å². The number of hydrogen-bond acceptors (Lipinski definition) is 4. The third-order valence-electron chi connectivity index (χ3n) is 4.28. The number of nitrogens with two attached hydrogens (primary N) is 2. The maximum atomic E-state index is 6.33. The molecule has 3 aromatic rings. The van der Waals surface area contributed by atoms with Crippen LogP contribution in [-0.4, -0.2) is 4.98 Å². The standard InChI is InChI=1S/C20H23N3OS/c1-3-20(2,19-8-5-11-23-19)24-14-6-4-7-15(12-14)25-16-9-10-17(21)18(22)13-16/h4-13,23H,3,21-22H2,1-2H3. The highest BCUT2D eigenvalue weighted by Gasteiger charge is 2.27. The van der Waals surface area contributed by atoms with Gasteiger partial charge in [-0.1, -0.05) is 24.8 Å². The summed E-state index contributed by atoms with van der Waals surface area (Å²) in [4.78, 5) is 5.40. The lowest BCUT2D eigenvalue weighted by Crippen LogP contribution is -2.29. The van der Waals surface area contributed by atoms with Crippen LogP contribution in [-0.2, 0) is 5.60 Å². The predicted molar refractivity (Wildman–Crippen MR) is 105 cm³/mol. The molecule has 0 aliphatic rings. The summed E-state index contributed by atoms with van der Waals surface area (Å²) in [5, 5.41) is 0. The molecule has 1 heterocycles. The molecule has 0 fully saturated rings. The first-order valence-electron chi connectivity index (χ1n) is 8.26. The van der Waals surface area contributed by atoms with Gasteiger partial charge in [0.2, 0.25) is 0 Å². The number of H-pyrrole nitrogens is 1. The summed E-state index contributed by atoms with van der Waals surface area (Å²) in [6, 6.07) is 17.8. The van der Waals surface area contributed by atoms with Gasteiger partial charge >= 0.3 is 0 Å². The number of anilines is 2. The van der Waals surface area contributed by atoms with Gasteiger partial charge in [-0.05, 0) is 61.9 Å². The van der Waals surface area contributed by atoms with Gasteiger partial charge in [-0.2, -0.15) is 0 Å². The second-order valence-electron chi connectivity index (χ2n) is 6.14. The van der Waals surface area contributed by atoms with E-state index in [1.807, 2.05) is 48.7 Å². The number of nitrogen functional groups attached to an aromatic ring is 2. The Kier molecular flexibility index (Phi) is 4.95. The van der Waals surface area contributed by atoms with Crippen molar-refractivity contribution in [2.45, 2.75) is 35.7 Å². The third kappa shape index (κ3) is 3.94. The molecule has 0 aliphatic carbocycles. The number of rotatable bonds is 6. The molecule has 5 heteroatoms. The molecule has 0 aliphatic heterocycles. The highest BCUT2D eigenvalue weighted by molar-refractivity contribution is 7.99. The topological polar surface area (TPSA) is 77.1 Å². The molecule has 1 atom stereocenters. The fourth-order valence-electron chi connectivity index (χ4n) is 2.59. The highest BCUT2D eigenvalue weighted by Crippen LogP contribution is 2.35. The normalized spacial score (nSPS) is 13.4. The van der Waals surface area contributed by atoms with Gasteiger partial charge in [0.05, 0.1) is 17.1 Å². The molecule has 0 saturated carbocycles. The largest absolute Gasteiger partial charge is 0.481 e. The summed E-state index contributed by atoms with van der Waals surface area (Å²) in [6.07, 6.45) is 2.78. The van der Waals surface area contributed by atoms with E-state index in [9.17, 15) is 0 Å². The maximum absolute atomic E-state index is 6.33. The van der Waals surface area contributed by atoms with Gasteiger partial charge in [-0.15, -0.1) is 0 Å². The van der Waals surface area contributed by atoms with Crippen molar-refractivity contribution in [1.82, 2.24) is 4.98 Å². The monoisotopic (exact) mass is 353 g/mol. The third-order valence-corrected chi connectivity index (χ3v) is 5.26. The molecule has 0 amide bonds. The van der Waals surface area contributed by atoms with E-state index < -0.39 is 5.60 Å². The Bertz CT molecular complexity index is 848. The molecule has 130 valence electrons. The van der Waals surface area contributed by atoms with Gasteiger partial charge < -0.3 is 21.2 Å². The first-order chi connectivity index (χ1) is 12.0. The van der Waals surface area contributed by atoms with Crippen LogP contribution in [0.4, 0.5) is 11.4 Å². The van der Waals surface area contributed by atoms with E-state index in [1.165, 1.54) is 0 Å². The summed E-state index contributed by atoms with van der Waals surface area (Å²) >= 11 is 1.63. The SMILES string of the molecule is CCC(C)(Oc1cccc(Sc2ccc(N)c(N)c2)c1)c1ccc[nH]1. The van der Waals surface area contributed by atoms with Crippen LogP contribution in [0.1, 0.15) is 26.0 Å². The Morgan fingerprint density at radius 3 is 2.48 bits per heavy atom. The average molecular weight is 353 g/mol. The summed E-state index contributed by atoms with van der Waals surface area (Å²) in [5.41, 5.74) is 13.6. The van der Waals surface area contributed by atoms with Crippen molar-refractivity contribution in [2.75, 3.05) is 11.5 Å². The fourth-order valence-corrected chi connectivity index (χ4v) is 3.51. The van der Waals surface area contributed by atoms with E-state index in [4.69, 9.17) is 16.2 Å². The average Bonchev–Trinajstić information content (AvgIpc) is 3.14. The molecule has 25 heavy (non-hydrogen) atoms. The van der Waals surface area contributed by atoms with Crippen molar-refractivity contribution >= 4 is 23.1 Å². The first-order valence-corrected chi connectivity index (χ1v) is 9.07. The zero-order chi connectivity index (χ0) is 17.9. The van der Waals surface area contributed by atoms with Gasteiger partial charge in [0.25, 0.3) is 0 Å². The summed E-state index contributed by atoms with van der Waals surface area (Å²) in [6.45, 7) is 4.22. The summed E-state index contributed by atoms with van der Waals surface area (Å²) < 4.78 is 6.33. The minimum absolute atomic E-state index is 0.390. The summed E-state index contributed by atoms with van der Waals surface area (Å²) in [5.74, 6) is 0.840. The number of benzene rings is 2. The highest BCUT2D eigenvalue weighted by atomic mass is 32.2. The van der Waals surface area contributed by atoms with Crippen LogP contribution in [0, 0.1) is 0 Å². The van der Waals surface area contributed by atoms with Gasteiger partial charge in [-0.25, -0.2) is 0 Å². The smallest absolute Gasteiger partial charge is 0.145 e. The van der Waals surface area contributed by atoms with Gasteiger partial charge in [0.15, 0.2) is 0 Å². The van der Waals surface area contributed by atoms with Crippen molar-refractivity contribution in [3.8, 4) is 5.75 Å². The summed E-state index contributed by atoms with van der Waals surface area (Å²) in [7, 11) is 0. The minimum Gasteiger partial charge on any atom is -0.481 e. The lowest BCUT2D eigenvalue weighted by molar-refractivity contribution is 0.0782. The van der Waals surface area contributed by atoms with Gasteiger partial charge in [0, 0.05) is 16.0 Å². The Labute approximate surface area is 152 Å². The lowest BCUT2D eigenvalue weighted by atomic mass is 9.99. The maximum Gasteiger partial charge on any atom is 0.145 e. The van der Waals surface area contributed by atoms with E-state index in [0.29, 0.717) is 11.4 Å². The number of nitrogens with one attached hydrogen (secondary N) is 1. The molecule has 0 spiro atoms. The predicted octanol–water partition coefficient (Wildman–Crippen LogP) is 5.03. The first kappa shape index (κ1) is 17.3. The minimum atomic E-state index is -0.390. The van der Waals surface area contributed by atoms with Crippen LogP contribution in [0.3, 0.4) is 0 Å². The zero-order valence-electron chi connectivity index (χ0n) is 14.5. The molecular weight excluding hydrogens is 330 g/mol. The molecular formula is C20H23N3OS. The Hall–Kier alpha value is -2.53. The molecule has 4 nitrogen and oxygen atoms in total. The second-order valence-corrected chi connectivity index (χ2v) is 7.28. The van der Waals surface area contributed by atoms with Crippen molar-refractivity contribution in [3.05, 3.63) is 66.5 Å². The number of ether oxygens (including phenoxy) is 1. The Balaban J connectivity index is 1.80. The molecule has 0 radical (unpaired) electrons. The zero-order valence-corrected chi connectivity index (χ0v) is 15.3. The molecule has 3 rings (SSSR count). The molecule has 0 saturated heterocycles. The number of hydrogen-bond donors (Lipinski definition) is 3.